The number of fused-ring (bicyclic) bond motifs is 1. The van der Waals surface area contributed by atoms with E-state index in [-0.39, 0.29) is 35.9 Å². The topological polar surface area (TPSA) is 171 Å². The monoisotopic (exact) mass is 504 g/mol. The van der Waals surface area contributed by atoms with Crippen molar-refractivity contribution in [2.24, 2.45) is 5.10 Å². The molecule has 0 saturated carbocycles. The van der Waals surface area contributed by atoms with Gasteiger partial charge in [-0.15, -0.1) is 0 Å². The third-order valence-corrected chi connectivity index (χ3v) is 5.10. The van der Waals surface area contributed by atoms with Gasteiger partial charge in [-0.05, 0) is 36.4 Å². The number of nitro benzene ring substituents is 1. The average molecular weight is 504 g/mol. The lowest BCUT2D eigenvalue weighted by Gasteiger charge is -2.10. The van der Waals surface area contributed by atoms with Crippen molar-refractivity contribution in [3.8, 4) is 17.2 Å². The van der Waals surface area contributed by atoms with Gasteiger partial charge in [0.25, 0.3) is 5.69 Å². The van der Waals surface area contributed by atoms with Crippen molar-refractivity contribution >= 4 is 35.4 Å². The molecule has 2 aromatic carbocycles. The van der Waals surface area contributed by atoms with Gasteiger partial charge in [0.2, 0.25) is 24.6 Å². The van der Waals surface area contributed by atoms with Gasteiger partial charge >= 0.3 is 0 Å². The molecule has 0 saturated heterocycles. The molecule has 188 valence electrons. The largest absolute Gasteiger partial charge is 0.497 e. The van der Waals surface area contributed by atoms with Crippen LogP contribution in [0, 0.1) is 10.1 Å². The Kier molecular flexibility index (Phi) is 6.61. The summed E-state index contributed by atoms with van der Waals surface area (Å²) in [5.41, 5.74) is 4.34. The van der Waals surface area contributed by atoms with E-state index in [1.165, 1.54) is 18.3 Å². The lowest BCUT2D eigenvalue weighted by Crippen LogP contribution is -2.09. The Morgan fingerprint density at radius 1 is 1.08 bits per heavy atom. The SMILES string of the molecule is COc1ccc(Nc2nc(NCc3ccoc3)nc(N/N=C/c3cc4c(cc3[N+](=O)[O-])OCO4)n2)cc1. The molecule has 14 heteroatoms. The fourth-order valence-electron chi connectivity index (χ4n) is 3.31. The van der Waals surface area contributed by atoms with Gasteiger partial charge < -0.3 is 29.3 Å². The molecule has 0 aliphatic carbocycles. The van der Waals surface area contributed by atoms with Gasteiger partial charge in [0.05, 0.1) is 42.4 Å². The van der Waals surface area contributed by atoms with E-state index in [0.717, 1.165) is 11.3 Å². The van der Waals surface area contributed by atoms with Crippen molar-refractivity contribution in [2.75, 3.05) is 30.0 Å². The molecule has 1 aliphatic heterocycles. The molecule has 0 fully saturated rings. The summed E-state index contributed by atoms with van der Waals surface area (Å²) in [6.07, 6.45) is 4.45. The zero-order valence-electron chi connectivity index (χ0n) is 19.4. The first-order valence-electron chi connectivity index (χ1n) is 10.9. The van der Waals surface area contributed by atoms with Gasteiger partial charge in [-0.2, -0.15) is 20.1 Å². The highest BCUT2D eigenvalue weighted by atomic mass is 16.7. The number of aromatic nitrogens is 3. The molecule has 3 N–H and O–H groups in total. The Bertz CT molecular complexity index is 1430. The van der Waals surface area contributed by atoms with Crippen LogP contribution in [-0.4, -0.2) is 40.0 Å². The first-order valence-corrected chi connectivity index (χ1v) is 10.9. The number of methoxy groups -OCH3 is 1. The highest BCUT2D eigenvalue weighted by Gasteiger charge is 2.22. The number of nitro groups is 1. The minimum Gasteiger partial charge on any atom is -0.497 e. The standard InChI is InChI=1S/C23H20N8O6/c1-34-17-4-2-16(3-5-17)26-22-27-21(24-10-14-6-7-35-12-14)28-23(29-22)30-25-11-15-8-19-20(37-13-36-19)9-18(15)31(32)33/h2-9,11-12H,10,13H2,1H3,(H3,24,26,27,28,29,30)/b25-11+. The minimum absolute atomic E-state index is 0.00520. The van der Waals surface area contributed by atoms with E-state index in [4.69, 9.17) is 18.6 Å². The van der Waals surface area contributed by atoms with E-state index in [2.05, 4.69) is 36.1 Å². The molecule has 0 amide bonds. The van der Waals surface area contributed by atoms with E-state index in [1.807, 2.05) is 18.2 Å². The number of nitrogens with one attached hydrogen (secondary N) is 3. The normalized spacial score (nSPS) is 11.9. The van der Waals surface area contributed by atoms with Crippen LogP contribution in [0.5, 0.6) is 17.2 Å². The molecule has 14 nitrogen and oxygen atoms in total. The third-order valence-electron chi connectivity index (χ3n) is 5.10. The predicted octanol–water partition coefficient (Wildman–Crippen LogP) is 3.91. The highest BCUT2D eigenvalue weighted by molar-refractivity contribution is 5.87. The maximum absolute atomic E-state index is 11.5. The second-order valence-electron chi connectivity index (χ2n) is 7.54. The smallest absolute Gasteiger partial charge is 0.282 e. The molecule has 1 aliphatic rings. The lowest BCUT2D eigenvalue weighted by molar-refractivity contribution is -0.385. The van der Waals surface area contributed by atoms with Crippen LogP contribution in [0.25, 0.3) is 0 Å². The molecule has 5 rings (SSSR count). The second-order valence-corrected chi connectivity index (χ2v) is 7.54. The molecule has 0 bridgehead atoms. The lowest BCUT2D eigenvalue weighted by atomic mass is 10.1. The number of hydrogen-bond acceptors (Lipinski definition) is 13. The number of benzene rings is 2. The summed E-state index contributed by atoms with van der Waals surface area (Å²) in [5.74, 6) is 2.00. The maximum Gasteiger partial charge on any atom is 0.282 e. The van der Waals surface area contributed by atoms with E-state index in [9.17, 15) is 10.1 Å². The van der Waals surface area contributed by atoms with Crippen LogP contribution in [-0.2, 0) is 6.54 Å². The Morgan fingerprint density at radius 3 is 2.57 bits per heavy atom. The Balaban J connectivity index is 1.38. The zero-order valence-corrected chi connectivity index (χ0v) is 19.4. The number of rotatable bonds is 10. The van der Waals surface area contributed by atoms with Gasteiger partial charge in [0.15, 0.2) is 11.5 Å². The van der Waals surface area contributed by atoms with E-state index >= 15 is 0 Å². The van der Waals surface area contributed by atoms with Crippen LogP contribution < -0.4 is 30.3 Å². The predicted molar refractivity (Wildman–Crippen MR) is 133 cm³/mol. The number of hydrogen-bond donors (Lipinski definition) is 3. The van der Waals surface area contributed by atoms with E-state index < -0.39 is 4.92 Å². The van der Waals surface area contributed by atoms with Gasteiger partial charge in [0, 0.05) is 17.8 Å². The molecule has 3 heterocycles. The Hall–Kier alpha value is -5.40. The zero-order chi connectivity index (χ0) is 25.6. The molecule has 0 radical (unpaired) electrons. The van der Waals surface area contributed by atoms with Crippen LogP contribution in [0.3, 0.4) is 0 Å². The average Bonchev–Trinajstić information content (AvgIpc) is 3.59. The van der Waals surface area contributed by atoms with Crippen molar-refractivity contribution in [3.63, 3.8) is 0 Å². The third kappa shape index (κ3) is 5.64. The van der Waals surface area contributed by atoms with Crippen molar-refractivity contribution in [1.82, 2.24) is 15.0 Å². The highest BCUT2D eigenvalue weighted by Crippen LogP contribution is 2.37. The first kappa shape index (κ1) is 23.3. The molecule has 2 aromatic heterocycles. The van der Waals surface area contributed by atoms with E-state index in [0.29, 0.717) is 23.8 Å². The van der Waals surface area contributed by atoms with Crippen molar-refractivity contribution in [2.45, 2.75) is 6.54 Å². The number of furan rings is 1. The summed E-state index contributed by atoms with van der Waals surface area (Å²) < 4.78 is 20.8. The molecule has 37 heavy (non-hydrogen) atoms. The van der Waals surface area contributed by atoms with Crippen molar-refractivity contribution in [1.29, 1.82) is 0 Å². The first-order chi connectivity index (χ1) is 18.1. The summed E-state index contributed by atoms with van der Waals surface area (Å²) in [5, 5.41) is 21.8. The van der Waals surface area contributed by atoms with Crippen LogP contribution in [0.15, 0.2) is 64.5 Å². The van der Waals surface area contributed by atoms with Gasteiger partial charge in [-0.3, -0.25) is 10.1 Å². The minimum atomic E-state index is -0.527. The fourth-order valence-corrected chi connectivity index (χ4v) is 3.31. The van der Waals surface area contributed by atoms with Gasteiger partial charge in [-0.25, -0.2) is 5.43 Å². The van der Waals surface area contributed by atoms with Gasteiger partial charge in [0.1, 0.15) is 5.75 Å². The molecule has 0 unspecified atom stereocenters. The number of nitrogens with zero attached hydrogens (tertiary/aromatic N) is 5. The summed E-state index contributed by atoms with van der Waals surface area (Å²) in [6, 6.07) is 11.8. The van der Waals surface area contributed by atoms with Crippen LogP contribution >= 0.6 is 0 Å². The second kappa shape index (κ2) is 10.5. The van der Waals surface area contributed by atoms with Crippen LogP contribution in [0.4, 0.5) is 29.2 Å². The van der Waals surface area contributed by atoms with Crippen molar-refractivity contribution in [3.05, 3.63) is 76.2 Å². The Morgan fingerprint density at radius 2 is 1.84 bits per heavy atom. The molecular formula is C23H20N8O6. The van der Waals surface area contributed by atoms with E-state index in [1.54, 1.807) is 31.8 Å². The quantitative estimate of drug-likeness (QED) is 0.162. The summed E-state index contributed by atoms with van der Waals surface area (Å²) >= 11 is 0. The summed E-state index contributed by atoms with van der Waals surface area (Å²) in [4.78, 5) is 24.0. The molecule has 0 atom stereocenters. The summed E-state index contributed by atoms with van der Waals surface area (Å²) in [6.45, 7) is 0.406. The van der Waals surface area contributed by atoms with Gasteiger partial charge in [-0.1, -0.05) is 0 Å². The Labute approximate surface area is 209 Å². The van der Waals surface area contributed by atoms with Crippen LogP contribution in [0.1, 0.15) is 11.1 Å². The summed E-state index contributed by atoms with van der Waals surface area (Å²) in [7, 11) is 1.59. The molecule has 4 aromatic rings. The van der Waals surface area contributed by atoms with Crippen LogP contribution in [0.2, 0.25) is 0 Å². The maximum atomic E-state index is 11.5. The number of ether oxygens (including phenoxy) is 3. The molecule has 0 spiro atoms. The van der Waals surface area contributed by atoms with Crippen molar-refractivity contribution < 1.29 is 23.6 Å². The molecular weight excluding hydrogens is 484 g/mol. The fraction of sp³-hybridized carbons (Fsp3) is 0.130. The number of anilines is 4. The number of hydrazone groups is 1.